The molecule has 4 aromatic rings. The molecule has 0 aliphatic heterocycles. The number of Topliss-reactive ketones (excluding diaryl/α,β-unsaturated/α-hetero) is 1. The van der Waals surface area contributed by atoms with Crippen molar-refractivity contribution in [3.8, 4) is 11.3 Å². The molecule has 1 aliphatic carbocycles. The Morgan fingerprint density at radius 3 is 2.53 bits per heavy atom. The van der Waals surface area contributed by atoms with E-state index in [1.807, 2.05) is 54.6 Å². The molecule has 5 nitrogen and oxygen atoms in total. The zero-order valence-corrected chi connectivity index (χ0v) is 17.3. The zero-order valence-electron chi connectivity index (χ0n) is 16.4. The summed E-state index contributed by atoms with van der Waals surface area (Å²) in [5, 5.41) is 4.23. The van der Waals surface area contributed by atoms with Crippen molar-refractivity contribution in [3.05, 3.63) is 76.3 Å². The number of nitrogens with one attached hydrogen (secondary N) is 1. The molecular weight excluding hydrogens is 394 g/mol. The summed E-state index contributed by atoms with van der Waals surface area (Å²) < 4.78 is 0. The maximum Gasteiger partial charge on any atom is 0.258 e. The van der Waals surface area contributed by atoms with Gasteiger partial charge in [0.1, 0.15) is 0 Å². The lowest BCUT2D eigenvalue weighted by atomic mass is 10.0. The van der Waals surface area contributed by atoms with Gasteiger partial charge in [0.25, 0.3) is 5.91 Å². The van der Waals surface area contributed by atoms with E-state index in [9.17, 15) is 9.59 Å². The van der Waals surface area contributed by atoms with Gasteiger partial charge in [0, 0.05) is 23.6 Å². The second-order valence-electron chi connectivity index (χ2n) is 7.36. The summed E-state index contributed by atoms with van der Waals surface area (Å²) in [6, 6.07) is 17.3. The van der Waals surface area contributed by atoms with Crippen LogP contribution in [0.4, 0.5) is 5.13 Å². The zero-order chi connectivity index (χ0) is 20.7. The first kappa shape index (κ1) is 18.6. The minimum atomic E-state index is -0.199. The van der Waals surface area contributed by atoms with Gasteiger partial charge in [-0.15, -0.1) is 0 Å². The number of para-hydroxylation sites is 1. The predicted molar refractivity (Wildman–Crippen MR) is 119 cm³/mol. The third kappa shape index (κ3) is 3.19. The van der Waals surface area contributed by atoms with Gasteiger partial charge in [-0.3, -0.25) is 19.9 Å². The van der Waals surface area contributed by atoms with Gasteiger partial charge in [-0.25, -0.2) is 4.98 Å². The van der Waals surface area contributed by atoms with Gasteiger partial charge >= 0.3 is 0 Å². The third-order valence-electron chi connectivity index (χ3n) is 5.36. The second-order valence-corrected chi connectivity index (χ2v) is 8.35. The van der Waals surface area contributed by atoms with Crippen LogP contribution in [0.3, 0.4) is 0 Å². The van der Waals surface area contributed by atoms with Crippen molar-refractivity contribution in [1.29, 1.82) is 0 Å². The number of fused-ring (bicyclic) bond motifs is 2. The van der Waals surface area contributed by atoms with E-state index in [1.54, 1.807) is 0 Å². The van der Waals surface area contributed by atoms with Gasteiger partial charge in [-0.05, 0) is 30.9 Å². The molecular formula is C24H19N3O2S. The van der Waals surface area contributed by atoms with Crippen LogP contribution in [0.1, 0.15) is 44.6 Å². The summed E-state index contributed by atoms with van der Waals surface area (Å²) >= 11 is 1.22. The van der Waals surface area contributed by atoms with Gasteiger partial charge in [0.05, 0.1) is 21.7 Å². The summed E-state index contributed by atoms with van der Waals surface area (Å²) in [5.74, 6) is -0.266. The van der Waals surface area contributed by atoms with E-state index < -0.39 is 0 Å². The fraction of sp³-hybridized carbons (Fsp3) is 0.167. The molecule has 148 valence electrons. The highest BCUT2D eigenvalue weighted by Crippen LogP contribution is 2.34. The highest BCUT2D eigenvalue weighted by atomic mass is 32.1. The highest BCUT2D eigenvalue weighted by molar-refractivity contribution is 7.18. The number of thiazole rings is 1. The molecule has 2 aromatic carbocycles. The monoisotopic (exact) mass is 413 g/mol. The van der Waals surface area contributed by atoms with Crippen LogP contribution in [-0.2, 0) is 12.8 Å². The maximum absolute atomic E-state index is 13.4. The van der Waals surface area contributed by atoms with Crippen LogP contribution in [0.5, 0.6) is 0 Å². The number of amides is 1. The number of hydrogen-bond donors (Lipinski definition) is 1. The number of pyridine rings is 1. The fourth-order valence-electron chi connectivity index (χ4n) is 4.03. The lowest BCUT2D eigenvalue weighted by molar-refractivity contribution is 0.101. The van der Waals surface area contributed by atoms with E-state index >= 15 is 0 Å². The summed E-state index contributed by atoms with van der Waals surface area (Å²) in [6.45, 7) is 1.52. The minimum Gasteiger partial charge on any atom is -0.298 e. The van der Waals surface area contributed by atoms with Crippen molar-refractivity contribution < 1.29 is 9.59 Å². The second kappa shape index (κ2) is 7.46. The standard InChI is InChI=1S/C24H19N3O2S/c1-14(28)22-21(15-8-3-2-4-9-15)26-24(30-22)27-23(29)20-16-10-5-6-12-18(16)25-19-13-7-11-17(19)20/h2-6,8-10,12H,7,11,13H2,1H3,(H,26,27,29). The Labute approximate surface area is 177 Å². The van der Waals surface area contributed by atoms with Crippen molar-refractivity contribution in [1.82, 2.24) is 9.97 Å². The molecule has 0 unspecified atom stereocenters. The quantitative estimate of drug-likeness (QED) is 0.461. The van der Waals surface area contributed by atoms with E-state index in [0.29, 0.717) is 21.3 Å². The van der Waals surface area contributed by atoms with Gasteiger partial charge < -0.3 is 0 Å². The molecule has 0 saturated carbocycles. The topological polar surface area (TPSA) is 72.0 Å². The number of benzene rings is 2. The van der Waals surface area contributed by atoms with Crippen molar-refractivity contribution in [3.63, 3.8) is 0 Å². The molecule has 5 rings (SSSR count). The number of carbonyl (C=O) groups excluding carboxylic acids is 2. The van der Waals surface area contributed by atoms with E-state index in [1.165, 1.54) is 18.3 Å². The SMILES string of the molecule is CC(=O)c1sc(NC(=O)c2c3c(nc4ccccc24)CCC3)nc1-c1ccccc1. The first-order valence-electron chi connectivity index (χ1n) is 9.91. The average molecular weight is 414 g/mol. The fourth-order valence-corrected chi connectivity index (χ4v) is 4.91. The van der Waals surface area contributed by atoms with Gasteiger partial charge in [0.2, 0.25) is 0 Å². The van der Waals surface area contributed by atoms with Gasteiger partial charge in [0.15, 0.2) is 10.9 Å². The molecule has 2 aromatic heterocycles. The average Bonchev–Trinajstić information content (AvgIpc) is 3.39. The first-order chi connectivity index (χ1) is 14.6. The van der Waals surface area contributed by atoms with E-state index in [0.717, 1.165) is 47.0 Å². The molecule has 30 heavy (non-hydrogen) atoms. The number of ketones is 1. The third-order valence-corrected chi connectivity index (χ3v) is 6.43. The lowest BCUT2D eigenvalue weighted by Crippen LogP contribution is -2.15. The number of rotatable bonds is 4. The molecule has 1 amide bonds. The normalized spacial score (nSPS) is 12.7. The summed E-state index contributed by atoms with van der Waals surface area (Å²) in [6.07, 6.45) is 2.74. The highest BCUT2D eigenvalue weighted by Gasteiger charge is 2.25. The largest absolute Gasteiger partial charge is 0.298 e. The van der Waals surface area contributed by atoms with Gasteiger partial charge in [-0.2, -0.15) is 0 Å². The first-order valence-corrected chi connectivity index (χ1v) is 10.7. The van der Waals surface area contributed by atoms with Crippen LogP contribution >= 0.6 is 11.3 Å². The Morgan fingerprint density at radius 1 is 0.967 bits per heavy atom. The summed E-state index contributed by atoms with van der Waals surface area (Å²) in [4.78, 5) is 35.4. The van der Waals surface area contributed by atoms with E-state index in [-0.39, 0.29) is 11.7 Å². The predicted octanol–water partition coefficient (Wildman–Crippen LogP) is 5.30. The molecule has 0 saturated heterocycles. The van der Waals surface area contributed by atoms with Crippen LogP contribution in [-0.4, -0.2) is 21.7 Å². The Bertz CT molecular complexity index is 1290. The van der Waals surface area contributed by atoms with E-state index in [2.05, 4.69) is 10.3 Å². The molecule has 6 heteroatoms. The van der Waals surface area contributed by atoms with Crippen molar-refractivity contribution >= 4 is 39.1 Å². The van der Waals surface area contributed by atoms with Crippen LogP contribution < -0.4 is 5.32 Å². The molecule has 2 heterocycles. The van der Waals surface area contributed by atoms with Gasteiger partial charge in [-0.1, -0.05) is 59.9 Å². The Balaban J connectivity index is 1.57. The molecule has 0 radical (unpaired) electrons. The minimum absolute atomic E-state index is 0.0675. The summed E-state index contributed by atoms with van der Waals surface area (Å²) in [7, 11) is 0. The molecule has 1 N–H and O–H groups in total. The van der Waals surface area contributed by atoms with Crippen LogP contribution in [0.15, 0.2) is 54.6 Å². The van der Waals surface area contributed by atoms with E-state index in [4.69, 9.17) is 4.98 Å². The van der Waals surface area contributed by atoms with Crippen LogP contribution in [0.25, 0.3) is 22.2 Å². The molecule has 0 spiro atoms. The lowest BCUT2D eigenvalue weighted by Gasteiger charge is -2.11. The number of hydrogen-bond acceptors (Lipinski definition) is 5. The number of nitrogens with zero attached hydrogens (tertiary/aromatic N) is 2. The molecule has 1 aliphatic rings. The van der Waals surface area contributed by atoms with Crippen LogP contribution in [0, 0.1) is 0 Å². The molecule has 0 fully saturated rings. The number of aryl methyl sites for hydroxylation is 1. The van der Waals surface area contributed by atoms with Crippen molar-refractivity contribution in [2.75, 3.05) is 5.32 Å². The Hall–Kier alpha value is -3.38. The Kier molecular flexibility index (Phi) is 4.64. The van der Waals surface area contributed by atoms with Crippen molar-refractivity contribution in [2.45, 2.75) is 26.2 Å². The molecule has 0 bridgehead atoms. The van der Waals surface area contributed by atoms with Crippen molar-refractivity contribution in [2.24, 2.45) is 0 Å². The van der Waals surface area contributed by atoms with Crippen LogP contribution in [0.2, 0.25) is 0 Å². The molecule has 0 atom stereocenters. The smallest absolute Gasteiger partial charge is 0.258 e. The summed E-state index contributed by atoms with van der Waals surface area (Å²) in [5.41, 5.74) is 5.00. The maximum atomic E-state index is 13.4. The number of carbonyl (C=O) groups is 2. The number of aromatic nitrogens is 2. The Morgan fingerprint density at radius 2 is 1.73 bits per heavy atom. The number of anilines is 1.